The monoisotopic (exact) mass is 390 g/mol. The highest BCUT2D eigenvalue weighted by Crippen LogP contribution is 2.43. The number of nitrogens with zero attached hydrogens (tertiary/aromatic N) is 2. The summed E-state index contributed by atoms with van der Waals surface area (Å²) in [5.41, 5.74) is 0.994. The second kappa shape index (κ2) is 7.56. The molecular formula is C20H30N4O4. The zero-order valence-electron chi connectivity index (χ0n) is 17.2. The van der Waals surface area contributed by atoms with Crippen molar-refractivity contribution in [1.82, 2.24) is 20.2 Å². The van der Waals surface area contributed by atoms with Gasteiger partial charge in [0.2, 0.25) is 0 Å². The van der Waals surface area contributed by atoms with Gasteiger partial charge in [0.1, 0.15) is 12.4 Å². The third kappa shape index (κ3) is 3.91. The standard InChI is InChI=1S/C20H30N4O4/c1-5-28-14(25)11-21-18(27)24-10-6-8-20(12-24)9-7-13-15(20)22-17(19(2,3)4)23-16(13)26/h5-12H2,1-4H3,(H,21,27)(H,22,23,26). The lowest BCUT2D eigenvalue weighted by atomic mass is 9.77. The number of piperidine rings is 1. The van der Waals surface area contributed by atoms with Gasteiger partial charge in [-0.15, -0.1) is 0 Å². The molecule has 2 aliphatic rings. The largest absolute Gasteiger partial charge is 0.465 e. The number of likely N-dealkylation sites (tertiary alicyclic amines) is 1. The molecule has 1 aromatic rings. The molecule has 3 rings (SSSR count). The Labute approximate surface area is 165 Å². The molecule has 1 saturated heterocycles. The fraction of sp³-hybridized carbons (Fsp3) is 0.700. The number of aromatic amines is 1. The van der Waals surface area contributed by atoms with E-state index in [0.29, 0.717) is 25.3 Å². The number of nitrogens with one attached hydrogen (secondary N) is 2. The van der Waals surface area contributed by atoms with E-state index in [9.17, 15) is 14.4 Å². The Morgan fingerprint density at radius 3 is 2.75 bits per heavy atom. The molecule has 0 aromatic carbocycles. The molecule has 8 heteroatoms. The minimum atomic E-state index is -0.447. The van der Waals surface area contributed by atoms with Crippen molar-refractivity contribution in [3.63, 3.8) is 0 Å². The summed E-state index contributed by atoms with van der Waals surface area (Å²) in [4.78, 5) is 46.2. The molecule has 1 aliphatic carbocycles. The van der Waals surface area contributed by atoms with Crippen molar-refractivity contribution in [3.8, 4) is 0 Å². The van der Waals surface area contributed by atoms with E-state index in [1.54, 1.807) is 11.8 Å². The SMILES string of the molecule is CCOC(=O)CNC(=O)N1CCCC2(CCc3c2nc(C(C)(C)C)[nH]c3=O)C1. The number of fused-ring (bicyclic) bond motifs is 2. The molecule has 2 heterocycles. The normalized spacial score (nSPS) is 21.5. The van der Waals surface area contributed by atoms with Gasteiger partial charge >= 0.3 is 12.0 Å². The lowest BCUT2D eigenvalue weighted by molar-refractivity contribution is -0.141. The summed E-state index contributed by atoms with van der Waals surface area (Å²) < 4.78 is 4.86. The lowest BCUT2D eigenvalue weighted by Gasteiger charge is -2.40. The summed E-state index contributed by atoms with van der Waals surface area (Å²) in [6.07, 6.45) is 3.24. The number of hydrogen-bond donors (Lipinski definition) is 2. The Bertz CT molecular complexity index is 826. The zero-order valence-corrected chi connectivity index (χ0v) is 17.2. The number of carbonyl (C=O) groups is 2. The van der Waals surface area contributed by atoms with Crippen LogP contribution < -0.4 is 10.9 Å². The average molecular weight is 390 g/mol. The van der Waals surface area contributed by atoms with Gasteiger partial charge in [0.15, 0.2) is 0 Å². The zero-order chi connectivity index (χ0) is 20.5. The maximum absolute atomic E-state index is 12.6. The number of urea groups is 1. The molecule has 1 unspecified atom stereocenters. The molecule has 2 N–H and O–H groups in total. The fourth-order valence-corrected chi connectivity index (χ4v) is 4.18. The minimum absolute atomic E-state index is 0.0595. The van der Waals surface area contributed by atoms with Crippen LogP contribution in [0.5, 0.6) is 0 Å². The highest BCUT2D eigenvalue weighted by Gasteiger charge is 2.46. The first-order valence-corrected chi connectivity index (χ1v) is 9.99. The Hall–Kier alpha value is -2.38. The predicted molar refractivity (Wildman–Crippen MR) is 104 cm³/mol. The van der Waals surface area contributed by atoms with Gasteiger partial charge in [-0.25, -0.2) is 9.78 Å². The summed E-state index contributed by atoms with van der Waals surface area (Å²) >= 11 is 0. The van der Waals surface area contributed by atoms with Crippen molar-refractivity contribution in [2.45, 2.75) is 64.2 Å². The highest BCUT2D eigenvalue weighted by atomic mass is 16.5. The molecule has 1 fully saturated rings. The predicted octanol–water partition coefficient (Wildman–Crippen LogP) is 1.62. The topological polar surface area (TPSA) is 104 Å². The van der Waals surface area contributed by atoms with Crippen LogP contribution >= 0.6 is 0 Å². The van der Waals surface area contributed by atoms with E-state index >= 15 is 0 Å². The molecular weight excluding hydrogens is 360 g/mol. The number of H-pyrrole nitrogens is 1. The Balaban J connectivity index is 1.81. The van der Waals surface area contributed by atoms with Crippen molar-refractivity contribution >= 4 is 12.0 Å². The molecule has 28 heavy (non-hydrogen) atoms. The first kappa shape index (κ1) is 20.4. The van der Waals surface area contributed by atoms with Crippen molar-refractivity contribution in [2.24, 2.45) is 0 Å². The number of rotatable bonds is 3. The molecule has 1 atom stereocenters. The van der Waals surface area contributed by atoms with Crippen molar-refractivity contribution in [1.29, 1.82) is 0 Å². The fourth-order valence-electron chi connectivity index (χ4n) is 4.18. The van der Waals surface area contributed by atoms with Crippen LogP contribution in [0.15, 0.2) is 4.79 Å². The maximum atomic E-state index is 12.6. The van der Waals surface area contributed by atoms with Gasteiger partial charge in [0.05, 0.1) is 12.3 Å². The molecule has 1 aromatic heterocycles. The van der Waals surface area contributed by atoms with Gasteiger partial charge < -0.3 is 19.9 Å². The van der Waals surface area contributed by atoms with E-state index in [1.807, 2.05) is 20.8 Å². The lowest BCUT2D eigenvalue weighted by Crippen LogP contribution is -2.52. The van der Waals surface area contributed by atoms with Crippen LogP contribution in [-0.4, -0.2) is 53.1 Å². The average Bonchev–Trinajstić information content (AvgIpc) is 2.98. The maximum Gasteiger partial charge on any atom is 0.325 e. The Kier molecular flexibility index (Phi) is 5.50. The summed E-state index contributed by atoms with van der Waals surface area (Å²) in [6, 6.07) is -0.276. The molecule has 154 valence electrons. The molecule has 1 spiro atoms. The molecule has 8 nitrogen and oxygen atoms in total. The van der Waals surface area contributed by atoms with Crippen LogP contribution in [0.3, 0.4) is 0 Å². The summed E-state index contributed by atoms with van der Waals surface area (Å²) in [5, 5.41) is 2.64. The van der Waals surface area contributed by atoms with Gasteiger partial charge in [-0.3, -0.25) is 9.59 Å². The van der Waals surface area contributed by atoms with Crippen LogP contribution in [0, 0.1) is 0 Å². The van der Waals surface area contributed by atoms with Crippen LogP contribution in [0.4, 0.5) is 4.79 Å². The van der Waals surface area contributed by atoms with Crippen LogP contribution in [-0.2, 0) is 26.8 Å². The van der Waals surface area contributed by atoms with Crippen molar-refractivity contribution < 1.29 is 14.3 Å². The number of carbonyl (C=O) groups excluding carboxylic acids is 2. The molecule has 0 saturated carbocycles. The molecule has 2 amide bonds. The van der Waals surface area contributed by atoms with Crippen molar-refractivity contribution in [2.75, 3.05) is 26.2 Å². The van der Waals surface area contributed by atoms with E-state index < -0.39 is 5.97 Å². The highest BCUT2D eigenvalue weighted by molar-refractivity contribution is 5.81. The number of aromatic nitrogens is 2. The third-order valence-corrected chi connectivity index (χ3v) is 5.64. The number of ether oxygens (including phenoxy) is 1. The van der Waals surface area contributed by atoms with Crippen LogP contribution in [0.2, 0.25) is 0 Å². The van der Waals surface area contributed by atoms with E-state index in [2.05, 4.69) is 10.3 Å². The van der Waals surface area contributed by atoms with Gasteiger partial charge in [0, 0.05) is 29.5 Å². The molecule has 0 radical (unpaired) electrons. The smallest absolute Gasteiger partial charge is 0.325 e. The first-order chi connectivity index (χ1) is 13.2. The second-order valence-electron chi connectivity index (χ2n) is 8.76. The number of hydrogen-bond acceptors (Lipinski definition) is 5. The van der Waals surface area contributed by atoms with Crippen LogP contribution in [0.25, 0.3) is 0 Å². The third-order valence-electron chi connectivity index (χ3n) is 5.64. The number of amides is 2. The molecule has 0 bridgehead atoms. The van der Waals surface area contributed by atoms with E-state index in [4.69, 9.17) is 9.72 Å². The second-order valence-corrected chi connectivity index (χ2v) is 8.76. The molecule has 1 aliphatic heterocycles. The van der Waals surface area contributed by atoms with E-state index in [1.165, 1.54) is 0 Å². The van der Waals surface area contributed by atoms with Gasteiger partial charge in [-0.2, -0.15) is 0 Å². The first-order valence-electron chi connectivity index (χ1n) is 9.99. The van der Waals surface area contributed by atoms with E-state index in [0.717, 1.165) is 30.5 Å². The van der Waals surface area contributed by atoms with Crippen LogP contribution in [0.1, 0.15) is 64.0 Å². The Morgan fingerprint density at radius 2 is 2.07 bits per heavy atom. The number of esters is 1. The van der Waals surface area contributed by atoms with Gasteiger partial charge in [0.25, 0.3) is 5.56 Å². The summed E-state index contributed by atoms with van der Waals surface area (Å²) in [7, 11) is 0. The quantitative estimate of drug-likeness (QED) is 0.763. The summed E-state index contributed by atoms with van der Waals surface area (Å²) in [5.74, 6) is 0.234. The Morgan fingerprint density at radius 1 is 1.32 bits per heavy atom. The van der Waals surface area contributed by atoms with E-state index in [-0.39, 0.29) is 35.6 Å². The van der Waals surface area contributed by atoms with Gasteiger partial charge in [-0.1, -0.05) is 20.8 Å². The minimum Gasteiger partial charge on any atom is -0.465 e. The van der Waals surface area contributed by atoms with Crippen molar-refractivity contribution in [3.05, 3.63) is 27.4 Å². The summed E-state index contributed by atoms with van der Waals surface area (Å²) in [6.45, 7) is 9.08. The van der Waals surface area contributed by atoms with Gasteiger partial charge in [-0.05, 0) is 32.6 Å².